The monoisotopic (exact) mass is 183 g/mol. The van der Waals surface area contributed by atoms with Gasteiger partial charge in [-0.3, -0.25) is 4.99 Å². The highest BCUT2D eigenvalue weighted by atomic mass is 16.5. The van der Waals surface area contributed by atoms with Crippen LogP contribution in [0.2, 0.25) is 0 Å². The molecular weight excluding hydrogens is 170 g/mol. The number of aliphatic imine (C=N–C) groups is 1. The van der Waals surface area contributed by atoms with E-state index in [2.05, 4.69) is 4.99 Å². The second-order valence-corrected chi connectivity index (χ2v) is 2.78. The molecule has 0 aromatic heterocycles. The third kappa shape index (κ3) is 3.85. The Morgan fingerprint density at radius 3 is 2.38 bits per heavy atom. The van der Waals surface area contributed by atoms with Crippen molar-refractivity contribution >= 4 is 12.2 Å². The Bertz CT molecular complexity index is 221. The van der Waals surface area contributed by atoms with Crippen molar-refractivity contribution in [3.05, 3.63) is 11.6 Å². The summed E-state index contributed by atoms with van der Waals surface area (Å²) in [5.41, 5.74) is 0.296. The number of carbonyl (C=O) groups is 1. The molecule has 4 nitrogen and oxygen atoms in total. The number of hydrogen-bond donors (Lipinski definition) is 1. The number of rotatable bonds is 1. The van der Waals surface area contributed by atoms with Gasteiger partial charge in [-0.2, -0.15) is 0 Å². The molecule has 0 aliphatic carbocycles. The molecule has 0 spiro atoms. The summed E-state index contributed by atoms with van der Waals surface area (Å²) in [7, 11) is 0. The molecule has 2 heterocycles. The quantitative estimate of drug-likeness (QED) is 0.656. The smallest absolute Gasteiger partial charge is 0.336 e. The van der Waals surface area contributed by atoms with Crippen LogP contribution in [-0.4, -0.2) is 37.0 Å². The van der Waals surface area contributed by atoms with Gasteiger partial charge in [0.15, 0.2) is 0 Å². The predicted molar refractivity (Wildman–Crippen MR) is 49.1 cm³/mol. The van der Waals surface area contributed by atoms with Gasteiger partial charge in [-0.25, -0.2) is 4.79 Å². The fraction of sp³-hybridized carbons (Fsp3) is 0.556. The van der Waals surface area contributed by atoms with Crippen LogP contribution >= 0.6 is 0 Å². The highest BCUT2D eigenvalue weighted by Crippen LogP contribution is 1.98. The molecule has 4 heteroatoms. The Morgan fingerprint density at radius 2 is 2.15 bits per heavy atom. The highest BCUT2D eigenvalue weighted by Gasteiger charge is 2.05. The summed E-state index contributed by atoms with van der Waals surface area (Å²) in [6.07, 6.45) is 5.49. The van der Waals surface area contributed by atoms with Crippen molar-refractivity contribution in [3.8, 4) is 0 Å². The maximum atomic E-state index is 10.0. The molecule has 0 bridgehead atoms. The van der Waals surface area contributed by atoms with E-state index < -0.39 is 5.97 Å². The van der Waals surface area contributed by atoms with E-state index in [0.29, 0.717) is 12.1 Å². The molecule has 2 rings (SSSR count). The summed E-state index contributed by atoms with van der Waals surface area (Å²) < 4.78 is 4.94. The molecule has 0 atom stereocenters. The highest BCUT2D eigenvalue weighted by molar-refractivity contribution is 6.09. The standard InChI is InChI=1S/C5H5NO2.C4H8O/c7-5(8)4-1-2-6-3-4;1-2-4-5-3-1/h1,3H,2H2,(H,7,8);1-4H2. The van der Waals surface area contributed by atoms with E-state index >= 15 is 0 Å². The van der Waals surface area contributed by atoms with Crippen LogP contribution in [-0.2, 0) is 9.53 Å². The molecule has 0 amide bonds. The molecule has 2 aliphatic rings. The number of carboxylic acids is 1. The number of carboxylic acid groups (broad SMARTS) is 1. The van der Waals surface area contributed by atoms with E-state index in [1.165, 1.54) is 19.1 Å². The Kier molecular flexibility index (Phi) is 4.18. The minimum Gasteiger partial charge on any atom is -0.478 e. The lowest BCUT2D eigenvalue weighted by molar-refractivity contribution is -0.131. The lowest BCUT2D eigenvalue weighted by Crippen LogP contribution is -1.98. The summed E-state index contributed by atoms with van der Waals surface area (Å²) in [4.78, 5) is 13.7. The zero-order valence-electron chi connectivity index (χ0n) is 7.40. The largest absolute Gasteiger partial charge is 0.478 e. The van der Waals surface area contributed by atoms with Gasteiger partial charge in [-0.05, 0) is 18.9 Å². The van der Waals surface area contributed by atoms with Crippen LogP contribution in [0, 0.1) is 0 Å². The first kappa shape index (κ1) is 9.92. The molecule has 1 saturated heterocycles. The Hall–Kier alpha value is -1.16. The van der Waals surface area contributed by atoms with E-state index in [1.807, 2.05) is 0 Å². The molecule has 0 saturated carbocycles. The van der Waals surface area contributed by atoms with Crippen molar-refractivity contribution in [1.82, 2.24) is 0 Å². The molecule has 0 aromatic rings. The minimum atomic E-state index is -0.897. The van der Waals surface area contributed by atoms with Crippen molar-refractivity contribution in [2.75, 3.05) is 19.8 Å². The molecule has 72 valence electrons. The van der Waals surface area contributed by atoms with Crippen molar-refractivity contribution in [2.24, 2.45) is 4.99 Å². The van der Waals surface area contributed by atoms with E-state index in [9.17, 15) is 4.79 Å². The van der Waals surface area contributed by atoms with Crippen LogP contribution in [0.3, 0.4) is 0 Å². The molecule has 1 N–H and O–H groups in total. The number of ether oxygens (including phenoxy) is 1. The normalized spacial score (nSPS) is 19.2. The van der Waals surface area contributed by atoms with Crippen molar-refractivity contribution in [3.63, 3.8) is 0 Å². The average molecular weight is 183 g/mol. The SMILES string of the molecule is C1CCOC1.O=C(O)C1=CCN=C1. The molecule has 2 aliphatic heterocycles. The van der Waals surface area contributed by atoms with E-state index in [4.69, 9.17) is 9.84 Å². The van der Waals surface area contributed by atoms with Crippen LogP contribution in [0.15, 0.2) is 16.6 Å². The van der Waals surface area contributed by atoms with Gasteiger partial charge in [0.05, 0.1) is 12.1 Å². The average Bonchev–Trinajstić information content (AvgIpc) is 2.82. The molecule has 0 radical (unpaired) electrons. The second-order valence-electron chi connectivity index (χ2n) is 2.78. The molecule has 0 unspecified atom stereocenters. The molecule has 1 fully saturated rings. The van der Waals surface area contributed by atoms with Crippen molar-refractivity contribution in [2.45, 2.75) is 12.8 Å². The van der Waals surface area contributed by atoms with Crippen LogP contribution in [0.5, 0.6) is 0 Å². The number of hydrogen-bond acceptors (Lipinski definition) is 3. The molecule has 13 heavy (non-hydrogen) atoms. The van der Waals surface area contributed by atoms with Crippen molar-refractivity contribution in [1.29, 1.82) is 0 Å². The lowest BCUT2D eigenvalue weighted by Gasteiger charge is -1.81. The zero-order chi connectivity index (χ0) is 9.52. The summed E-state index contributed by atoms with van der Waals surface area (Å²) >= 11 is 0. The fourth-order valence-electron chi connectivity index (χ4n) is 1.01. The van der Waals surface area contributed by atoms with Gasteiger partial charge in [0, 0.05) is 19.4 Å². The topological polar surface area (TPSA) is 58.9 Å². The molecule has 0 aromatic carbocycles. The molecular formula is C9H13NO3. The van der Waals surface area contributed by atoms with Gasteiger partial charge in [-0.1, -0.05) is 0 Å². The first-order chi connectivity index (χ1) is 6.30. The first-order valence-electron chi connectivity index (χ1n) is 4.32. The van der Waals surface area contributed by atoms with Crippen LogP contribution < -0.4 is 0 Å². The Morgan fingerprint density at radius 1 is 1.46 bits per heavy atom. The van der Waals surface area contributed by atoms with Gasteiger partial charge in [0.25, 0.3) is 0 Å². The van der Waals surface area contributed by atoms with E-state index in [0.717, 1.165) is 13.2 Å². The van der Waals surface area contributed by atoms with Gasteiger partial charge >= 0.3 is 5.97 Å². The second kappa shape index (κ2) is 5.48. The van der Waals surface area contributed by atoms with Gasteiger partial charge in [0.1, 0.15) is 0 Å². The minimum absolute atomic E-state index is 0.296. The zero-order valence-corrected chi connectivity index (χ0v) is 7.40. The lowest BCUT2D eigenvalue weighted by atomic mass is 10.3. The Labute approximate surface area is 76.9 Å². The third-order valence-corrected chi connectivity index (χ3v) is 1.72. The summed E-state index contributed by atoms with van der Waals surface area (Å²) in [6, 6.07) is 0. The third-order valence-electron chi connectivity index (χ3n) is 1.72. The number of aliphatic carboxylic acids is 1. The number of nitrogens with zero attached hydrogens (tertiary/aromatic N) is 1. The van der Waals surface area contributed by atoms with Crippen LogP contribution in [0.4, 0.5) is 0 Å². The Balaban J connectivity index is 0.000000145. The van der Waals surface area contributed by atoms with Crippen LogP contribution in [0.25, 0.3) is 0 Å². The van der Waals surface area contributed by atoms with Gasteiger partial charge in [0.2, 0.25) is 0 Å². The first-order valence-corrected chi connectivity index (χ1v) is 4.32. The van der Waals surface area contributed by atoms with Gasteiger partial charge < -0.3 is 9.84 Å². The van der Waals surface area contributed by atoms with Gasteiger partial charge in [-0.15, -0.1) is 0 Å². The maximum Gasteiger partial charge on any atom is 0.336 e. The maximum absolute atomic E-state index is 10.0. The van der Waals surface area contributed by atoms with E-state index in [1.54, 1.807) is 6.08 Å². The van der Waals surface area contributed by atoms with E-state index in [-0.39, 0.29) is 0 Å². The van der Waals surface area contributed by atoms with Crippen LogP contribution in [0.1, 0.15) is 12.8 Å². The summed E-state index contributed by atoms with van der Waals surface area (Å²) in [5, 5.41) is 8.25. The van der Waals surface area contributed by atoms with Crippen molar-refractivity contribution < 1.29 is 14.6 Å². The fourth-order valence-corrected chi connectivity index (χ4v) is 1.01. The summed E-state index contributed by atoms with van der Waals surface area (Å²) in [5.74, 6) is -0.897. The summed E-state index contributed by atoms with van der Waals surface area (Å²) in [6.45, 7) is 2.52. The predicted octanol–water partition coefficient (Wildman–Crippen LogP) is 0.879.